The fourth-order valence-corrected chi connectivity index (χ4v) is 3.72. The van der Waals surface area contributed by atoms with Gasteiger partial charge in [0.15, 0.2) is 0 Å². The van der Waals surface area contributed by atoms with Gasteiger partial charge in [0, 0.05) is 36.1 Å². The van der Waals surface area contributed by atoms with E-state index in [2.05, 4.69) is 18.7 Å². The van der Waals surface area contributed by atoms with E-state index in [1.54, 1.807) is 12.1 Å². The highest BCUT2D eigenvalue weighted by Gasteiger charge is 2.24. The van der Waals surface area contributed by atoms with Crippen molar-refractivity contribution in [2.45, 2.75) is 32.6 Å². The number of nitro groups is 2. The minimum atomic E-state index is -0.456. The van der Waals surface area contributed by atoms with E-state index in [0.29, 0.717) is 18.3 Å². The molecule has 1 aromatic carbocycles. The van der Waals surface area contributed by atoms with Crippen molar-refractivity contribution in [2.24, 2.45) is 11.8 Å². The molecular formula is C17H25N3O4. The maximum Gasteiger partial charge on any atom is 0.269 e. The van der Waals surface area contributed by atoms with Crippen molar-refractivity contribution in [3.8, 4) is 0 Å². The molecule has 7 heteroatoms. The largest absolute Gasteiger partial charge is 0.303 e. The smallest absolute Gasteiger partial charge is 0.269 e. The average Bonchev–Trinajstić information content (AvgIpc) is 2.50. The summed E-state index contributed by atoms with van der Waals surface area (Å²) in [6.45, 7) is 7.24. The van der Waals surface area contributed by atoms with Gasteiger partial charge in [-0.1, -0.05) is 26.0 Å². The Morgan fingerprint density at radius 3 is 2.21 bits per heavy atom. The van der Waals surface area contributed by atoms with Gasteiger partial charge < -0.3 is 4.90 Å². The number of nitro benzene ring substituents is 1. The van der Waals surface area contributed by atoms with Crippen LogP contribution < -0.4 is 0 Å². The summed E-state index contributed by atoms with van der Waals surface area (Å²) < 4.78 is 0. The van der Waals surface area contributed by atoms with Gasteiger partial charge in [-0.2, -0.15) is 0 Å². The molecule has 3 atom stereocenters. The quantitative estimate of drug-likeness (QED) is 0.563. The van der Waals surface area contributed by atoms with Crippen LogP contribution in [0.3, 0.4) is 0 Å². The number of benzene rings is 1. The Morgan fingerprint density at radius 2 is 1.71 bits per heavy atom. The molecule has 0 saturated carbocycles. The van der Waals surface area contributed by atoms with Gasteiger partial charge in [-0.25, -0.2) is 0 Å². The van der Waals surface area contributed by atoms with Crippen molar-refractivity contribution in [3.05, 3.63) is 50.1 Å². The Bertz CT molecular complexity index is 566. The van der Waals surface area contributed by atoms with Crippen molar-refractivity contribution >= 4 is 5.69 Å². The van der Waals surface area contributed by atoms with Crippen molar-refractivity contribution in [1.29, 1.82) is 0 Å². The van der Waals surface area contributed by atoms with Crippen LogP contribution in [0.1, 0.15) is 38.2 Å². The Hall–Kier alpha value is -2.02. The molecule has 1 aliphatic heterocycles. The molecule has 0 bridgehead atoms. The monoisotopic (exact) mass is 335 g/mol. The normalized spacial score (nSPS) is 22.9. The fraction of sp³-hybridized carbons (Fsp3) is 0.647. The van der Waals surface area contributed by atoms with Crippen LogP contribution >= 0.6 is 0 Å². The molecule has 132 valence electrons. The lowest BCUT2D eigenvalue weighted by Gasteiger charge is -2.35. The zero-order valence-electron chi connectivity index (χ0n) is 14.3. The molecule has 0 aliphatic carbocycles. The molecule has 24 heavy (non-hydrogen) atoms. The highest BCUT2D eigenvalue weighted by molar-refractivity contribution is 5.34. The second-order valence-electron chi connectivity index (χ2n) is 7.06. The first-order valence-electron chi connectivity index (χ1n) is 8.43. The molecule has 0 N–H and O–H groups in total. The number of likely N-dealkylation sites (tertiary alicyclic amines) is 1. The topological polar surface area (TPSA) is 89.5 Å². The SMILES string of the molecule is C[C@H]1C[C@H](C)CN(CC[C@@H](C[N+](=O)[O-])c2ccc([N+](=O)[O-])cc2)C1. The van der Waals surface area contributed by atoms with Gasteiger partial charge in [-0.15, -0.1) is 0 Å². The van der Waals surface area contributed by atoms with Gasteiger partial charge in [-0.3, -0.25) is 20.2 Å². The third-order valence-corrected chi connectivity index (χ3v) is 4.68. The molecule has 1 heterocycles. The van der Waals surface area contributed by atoms with Gasteiger partial charge in [0.25, 0.3) is 5.69 Å². The van der Waals surface area contributed by atoms with E-state index in [9.17, 15) is 20.2 Å². The maximum absolute atomic E-state index is 11.0. The maximum atomic E-state index is 11.0. The predicted molar refractivity (Wildman–Crippen MR) is 91.7 cm³/mol. The van der Waals surface area contributed by atoms with E-state index in [1.807, 2.05) is 0 Å². The molecule has 0 radical (unpaired) electrons. The molecular weight excluding hydrogens is 310 g/mol. The molecule has 1 aromatic rings. The summed E-state index contributed by atoms with van der Waals surface area (Å²) in [6.07, 6.45) is 1.93. The summed E-state index contributed by atoms with van der Waals surface area (Å²) in [5.41, 5.74) is 0.813. The van der Waals surface area contributed by atoms with E-state index in [-0.39, 0.29) is 23.1 Å². The van der Waals surface area contributed by atoms with Crippen LogP contribution in [0, 0.1) is 32.1 Å². The van der Waals surface area contributed by atoms with Gasteiger partial charge in [0.2, 0.25) is 6.54 Å². The van der Waals surface area contributed by atoms with E-state index in [1.165, 1.54) is 18.6 Å². The highest BCUT2D eigenvalue weighted by atomic mass is 16.6. The van der Waals surface area contributed by atoms with Crippen molar-refractivity contribution < 1.29 is 9.85 Å². The van der Waals surface area contributed by atoms with Gasteiger partial charge in [0.05, 0.1) is 4.92 Å². The number of hydrogen-bond donors (Lipinski definition) is 0. The number of piperidine rings is 1. The first kappa shape index (κ1) is 18.3. The second-order valence-corrected chi connectivity index (χ2v) is 7.06. The van der Waals surface area contributed by atoms with E-state index >= 15 is 0 Å². The predicted octanol–water partition coefficient (Wildman–Crippen LogP) is 3.32. The van der Waals surface area contributed by atoms with Crippen LogP contribution in [0.25, 0.3) is 0 Å². The molecule has 0 unspecified atom stereocenters. The Morgan fingerprint density at radius 1 is 1.12 bits per heavy atom. The molecule has 2 rings (SSSR count). The van der Waals surface area contributed by atoms with Crippen LogP contribution in [0.4, 0.5) is 5.69 Å². The van der Waals surface area contributed by atoms with Crippen LogP contribution in [-0.2, 0) is 0 Å². The first-order valence-corrected chi connectivity index (χ1v) is 8.43. The van der Waals surface area contributed by atoms with E-state index in [4.69, 9.17) is 0 Å². The third-order valence-electron chi connectivity index (χ3n) is 4.68. The van der Waals surface area contributed by atoms with E-state index in [0.717, 1.165) is 25.2 Å². The molecule has 0 spiro atoms. The first-order chi connectivity index (χ1) is 11.3. The Labute approximate surface area is 142 Å². The minimum absolute atomic E-state index is 0.0114. The Kier molecular flexibility index (Phi) is 6.25. The lowest BCUT2D eigenvalue weighted by atomic mass is 9.90. The zero-order chi connectivity index (χ0) is 17.7. The van der Waals surface area contributed by atoms with Gasteiger partial charge in [0.1, 0.15) is 0 Å². The van der Waals surface area contributed by atoms with Crippen molar-refractivity contribution in [3.63, 3.8) is 0 Å². The zero-order valence-corrected chi connectivity index (χ0v) is 14.3. The number of hydrogen-bond acceptors (Lipinski definition) is 5. The lowest BCUT2D eigenvalue weighted by Crippen LogP contribution is -2.39. The molecule has 1 aliphatic rings. The lowest BCUT2D eigenvalue weighted by molar-refractivity contribution is -0.483. The number of non-ortho nitro benzene ring substituents is 1. The summed E-state index contributed by atoms with van der Waals surface area (Å²) in [5, 5.41) is 21.7. The summed E-state index contributed by atoms with van der Waals surface area (Å²) in [4.78, 5) is 23.4. The second kappa shape index (κ2) is 8.19. The van der Waals surface area contributed by atoms with Crippen LogP contribution in [0.15, 0.2) is 24.3 Å². The number of rotatable bonds is 7. The summed E-state index contributed by atoms with van der Waals surface area (Å²) in [6, 6.07) is 6.14. The number of nitrogens with zero attached hydrogens (tertiary/aromatic N) is 3. The molecule has 7 nitrogen and oxygen atoms in total. The van der Waals surface area contributed by atoms with Crippen molar-refractivity contribution in [2.75, 3.05) is 26.2 Å². The van der Waals surface area contributed by atoms with Crippen LogP contribution in [-0.4, -0.2) is 40.9 Å². The van der Waals surface area contributed by atoms with Gasteiger partial charge in [-0.05, 0) is 36.8 Å². The summed E-state index contributed by atoms with van der Waals surface area (Å²) in [5.74, 6) is 1.09. The summed E-state index contributed by atoms with van der Waals surface area (Å²) in [7, 11) is 0. The highest BCUT2D eigenvalue weighted by Crippen LogP contribution is 2.26. The average molecular weight is 335 g/mol. The molecule has 0 amide bonds. The van der Waals surface area contributed by atoms with Crippen LogP contribution in [0.2, 0.25) is 0 Å². The fourth-order valence-electron chi connectivity index (χ4n) is 3.72. The van der Waals surface area contributed by atoms with Crippen molar-refractivity contribution in [1.82, 2.24) is 4.90 Å². The minimum Gasteiger partial charge on any atom is -0.303 e. The standard InChI is InChI=1S/C17H25N3O4/c1-13-9-14(2)11-18(10-13)8-7-16(12-19(21)22)15-3-5-17(6-4-15)20(23)24/h3-6,13-14,16H,7-12H2,1-2H3/t13-,14-,16-/m0/s1. The third kappa shape index (κ3) is 5.26. The Balaban J connectivity index is 2.02. The van der Waals surface area contributed by atoms with Gasteiger partial charge >= 0.3 is 0 Å². The molecule has 1 fully saturated rings. The summed E-state index contributed by atoms with van der Waals surface area (Å²) >= 11 is 0. The molecule has 0 aromatic heterocycles. The molecule has 1 saturated heterocycles. The van der Waals surface area contributed by atoms with E-state index < -0.39 is 4.92 Å². The van der Waals surface area contributed by atoms with Crippen LogP contribution in [0.5, 0.6) is 0 Å².